The molecule has 0 aromatic carbocycles. The number of nitrogens with one attached hydrogen (secondary N) is 2. The highest BCUT2D eigenvalue weighted by atomic mass is 32.2. The number of nitrogens with zero attached hydrogens (tertiary/aromatic N) is 3. The first-order chi connectivity index (χ1) is 12.6. The van der Waals surface area contributed by atoms with Crippen LogP contribution in [0.1, 0.15) is 76.1 Å². The van der Waals surface area contributed by atoms with Gasteiger partial charge in [0.1, 0.15) is 5.82 Å². The monoisotopic (exact) mass is 379 g/mol. The van der Waals surface area contributed by atoms with Gasteiger partial charge in [-0.1, -0.05) is 50.3 Å². The molecule has 0 bridgehead atoms. The largest absolute Gasteiger partial charge is 0.335 e. The van der Waals surface area contributed by atoms with Crippen LogP contribution < -0.4 is 10.6 Å². The van der Waals surface area contributed by atoms with Gasteiger partial charge in [-0.3, -0.25) is 10.1 Å². The number of aryl methyl sites for hydroxylation is 1. The minimum Gasteiger partial charge on any atom is -0.335 e. The fraction of sp³-hybridized carbons (Fsp3) is 0.778. The molecule has 2 fully saturated rings. The molecule has 1 heterocycles. The van der Waals surface area contributed by atoms with Gasteiger partial charge in [-0.25, -0.2) is 4.79 Å². The SMILES string of the molecule is Cc1nnc(SCC(=O)NC(=O)NC2CCCCC2)n1C1CCCCC1. The Morgan fingerprint density at radius 1 is 1.04 bits per heavy atom. The van der Waals surface area contributed by atoms with E-state index in [0.717, 1.165) is 49.5 Å². The smallest absolute Gasteiger partial charge is 0.321 e. The molecule has 2 aliphatic rings. The summed E-state index contributed by atoms with van der Waals surface area (Å²) in [6.07, 6.45) is 11.6. The molecule has 0 spiro atoms. The van der Waals surface area contributed by atoms with Gasteiger partial charge in [0.05, 0.1) is 5.75 Å². The third-order valence-corrected chi connectivity index (χ3v) is 6.24. The molecule has 0 radical (unpaired) electrons. The van der Waals surface area contributed by atoms with E-state index in [4.69, 9.17) is 0 Å². The van der Waals surface area contributed by atoms with Gasteiger partial charge in [0.25, 0.3) is 0 Å². The van der Waals surface area contributed by atoms with Gasteiger partial charge in [-0.2, -0.15) is 0 Å². The lowest BCUT2D eigenvalue weighted by Gasteiger charge is -2.25. The van der Waals surface area contributed by atoms with E-state index in [1.807, 2.05) is 6.92 Å². The predicted octanol–water partition coefficient (Wildman–Crippen LogP) is 3.34. The highest BCUT2D eigenvalue weighted by Crippen LogP contribution is 2.32. The molecule has 3 amide bonds. The van der Waals surface area contributed by atoms with E-state index >= 15 is 0 Å². The molecule has 2 saturated carbocycles. The summed E-state index contributed by atoms with van der Waals surface area (Å²) in [6.45, 7) is 1.96. The summed E-state index contributed by atoms with van der Waals surface area (Å²) in [7, 11) is 0. The normalized spacial score (nSPS) is 19.3. The van der Waals surface area contributed by atoms with E-state index < -0.39 is 0 Å². The van der Waals surface area contributed by atoms with Gasteiger partial charge < -0.3 is 9.88 Å². The van der Waals surface area contributed by atoms with Crippen LogP contribution in [0, 0.1) is 6.92 Å². The summed E-state index contributed by atoms with van der Waals surface area (Å²) in [5.74, 6) is 0.775. The Bertz CT molecular complexity index is 621. The average Bonchev–Trinajstić information content (AvgIpc) is 3.02. The van der Waals surface area contributed by atoms with Crippen LogP contribution in [0.3, 0.4) is 0 Å². The van der Waals surface area contributed by atoms with Crippen LogP contribution in [0.4, 0.5) is 4.79 Å². The van der Waals surface area contributed by atoms with E-state index in [0.29, 0.717) is 6.04 Å². The number of rotatable bonds is 5. The van der Waals surface area contributed by atoms with Gasteiger partial charge in [0, 0.05) is 12.1 Å². The van der Waals surface area contributed by atoms with E-state index in [1.165, 1.54) is 37.4 Å². The van der Waals surface area contributed by atoms with Crippen molar-refractivity contribution in [2.75, 3.05) is 5.75 Å². The number of hydrogen-bond donors (Lipinski definition) is 2. The number of urea groups is 1. The molecule has 0 aliphatic heterocycles. The van der Waals surface area contributed by atoms with Gasteiger partial charge in [-0.15, -0.1) is 10.2 Å². The standard InChI is InChI=1S/C18H29N5O2S/c1-13-21-22-18(23(13)15-10-6-3-7-11-15)26-12-16(24)20-17(25)19-14-8-4-2-5-9-14/h14-15H,2-12H2,1H3,(H2,19,20,24,25). The minimum atomic E-state index is -0.382. The molecule has 0 atom stereocenters. The zero-order valence-electron chi connectivity index (χ0n) is 15.5. The molecule has 1 aromatic rings. The summed E-state index contributed by atoms with van der Waals surface area (Å²) in [5.41, 5.74) is 0. The van der Waals surface area contributed by atoms with Crippen molar-refractivity contribution in [1.82, 2.24) is 25.4 Å². The van der Waals surface area contributed by atoms with E-state index in [2.05, 4.69) is 25.4 Å². The van der Waals surface area contributed by atoms with Crippen molar-refractivity contribution in [2.45, 2.75) is 88.4 Å². The minimum absolute atomic E-state index is 0.170. The van der Waals surface area contributed by atoms with Crippen LogP contribution in [-0.2, 0) is 4.79 Å². The van der Waals surface area contributed by atoms with Gasteiger partial charge in [-0.05, 0) is 32.6 Å². The maximum Gasteiger partial charge on any atom is 0.321 e. The van der Waals surface area contributed by atoms with Crippen LogP contribution in [0.2, 0.25) is 0 Å². The topological polar surface area (TPSA) is 88.9 Å². The summed E-state index contributed by atoms with van der Waals surface area (Å²) in [5, 5.41) is 14.5. The molecule has 0 saturated heterocycles. The maximum atomic E-state index is 12.1. The van der Waals surface area contributed by atoms with Crippen molar-refractivity contribution in [1.29, 1.82) is 0 Å². The van der Waals surface area contributed by atoms with E-state index in [1.54, 1.807) is 0 Å². The zero-order valence-corrected chi connectivity index (χ0v) is 16.3. The number of carbonyl (C=O) groups is 2. The van der Waals surface area contributed by atoms with Crippen molar-refractivity contribution in [2.24, 2.45) is 0 Å². The fourth-order valence-corrected chi connectivity index (χ4v) is 4.82. The number of aromatic nitrogens is 3. The first-order valence-corrected chi connectivity index (χ1v) is 10.8. The summed E-state index contributed by atoms with van der Waals surface area (Å²) < 4.78 is 2.17. The molecular weight excluding hydrogens is 350 g/mol. The number of carbonyl (C=O) groups excluding carboxylic acids is 2. The van der Waals surface area contributed by atoms with Gasteiger partial charge >= 0.3 is 6.03 Å². The number of imide groups is 1. The van der Waals surface area contributed by atoms with Gasteiger partial charge in [0.15, 0.2) is 5.16 Å². The van der Waals surface area contributed by atoms with Crippen molar-refractivity contribution >= 4 is 23.7 Å². The highest BCUT2D eigenvalue weighted by Gasteiger charge is 2.22. The molecule has 2 aliphatic carbocycles. The molecule has 3 rings (SSSR count). The fourth-order valence-electron chi connectivity index (χ4n) is 3.97. The van der Waals surface area contributed by atoms with Crippen LogP contribution in [-0.4, -0.2) is 38.5 Å². The molecule has 2 N–H and O–H groups in total. The molecule has 1 aromatic heterocycles. The second-order valence-corrected chi connectivity index (χ2v) is 8.28. The lowest BCUT2D eigenvalue weighted by molar-refractivity contribution is -0.117. The third-order valence-electron chi connectivity index (χ3n) is 5.30. The Morgan fingerprint density at radius 2 is 1.69 bits per heavy atom. The maximum absolute atomic E-state index is 12.1. The Morgan fingerprint density at radius 3 is 2.38 bits per heavy atom. The van der Waals surface area contributed by atoms with Crippen molar-refractivity contribution in [3.8, 4) is 0 Å². The number of hydrogen-bond acceptors (Lipinski definition) is 5. The molecule has 0 unspecified atom stereocenters. The van der Waals surface area contributed by atoms with Crippen LogP contribution in [0.5, 0.6) is 0 Å². The third kappa shape index (κ3) is 5.22. The molecular formula is C18H29N5O2S. The van der Waals surface area contributed by atoms with Crippen molar-refractivity contribution in [3.05, 3.63) is 5.82 Å². The van der Waals surface area contributed by atoms with Crippen molar-refractivity contribution in [3.63, 3.8) is 0 Å². The number of thioether (sulfide) groups is 1. The Labute approximate surface area is 159 Å². The summed E-state index contributed by atoms with van der Waals surface area (Å²) >= 11 is 1.36. The second-order valence-electron chi connectivity index (χ2n) is 7.34. The zero-order chi connectivity index (χ0) is 18.4. The first kappa shape index (κ1) is 19.2. The molecule has 8 heteroatoms. The Kier molecular flexibility index (Phi) is 6.93. The van der Waals surface area contributed by atoms with Crippen molar-refractivity contribution < 1.29 is 9.59 Å². The van der Waals surface area contributed by atoms with Crippen LogP contribution >= 0.6 is 11.8 Å². The lowest BCUT2D eigenvalue weighted by Crippen LogP contribution is -2.45. The van der Waals surface area contributed by atoms with Crippen LogP contribution in [0.25, 0.3) is 0 Å². The second kappa shape index (κ2) is 9.39. The quantitative estimate of drug-likeness (QED) is 0.766. The van der Waals surface area contributed by atoms with Crippen LogP contribution in [0.15, 0.2) is 5.16 Å². The summed E-state index contributed by atoms with van der Waals surface area (Å²) in [4.78, 5) is 24.1. The molecule has 26 heavy (non-hydrogen) atoms. The first-order valence-electron chi connectivity index (χ1n) is 9.78. The van der Waals surface area contributed by atoms with E-state index in [-0.39, 0.29) is 23.7 Å². The molecule has 7 nitrogen and oxygen atoms in total. The Balaban J connectivity index is 1.47. The Hall–Kier alpha value is -1.57. The molecule has 144 valence electrons. The predicted molar refractivity (Wildman–Crippen MR) is 101 cm³/mol. The highest BCUT2D eigenvalue weighted by molar-refractivity contribution is 7.99. The lowest BCUT2D eigenvalue weighted by atomic mass is 9.95. The van der Waals surface area contributed by atoms with E-state index in [9.17, 15) is 9.59 Å². The van der Waals surface area contributed by atoms with Gasteiger partial charge in [0.2, 0.25) is 5.91 Å². The number of amides is 3. The average molecular weight is 380 g/mol. The summed E-state index contributed by atoms with van der Waals surface area (Å²) in [6, 6.07) is 0.243.